The minimum Gasteiger partial charge on any atom is -0.310 e. The molecule has 2 heterocycles. The monoisotopic (exact) mass is 970 g/mol. The SMILES string of the molecule is CC1(C)c2ccccc2N(c2ccc3c(-c4ccc5c6c7c(cccc7c7cccc4c57)=CCC6)c4cc(N5c6ccccc6C(C)(C)c6ccccc65)ccc4c(-c4ccc5ccccc5c4)c3c2)c2ccccc21. The molecule has 0 saturated carbocycles. The molecular formula is C74H54N2. The molecule has 2 heteroatoms. The van der Waals surface area contributed by atoms with Crippen LogP contribution in [0.3, 0.4) is 0 Å². The fourth-order valence-corrected chi connectivity index (χ4v) is 14.5. The van der Waals surface area contributed by atoms with E-state index in [1.54, 1.807) is 0 Å². The number of aryl methyl sites for hydroxylation is 1. The quantitative estimate of drug-likeness (QED) is 0.128. The zero-order valence-corrected chi connectivity index (χ0v) is 43.2. The van der Waals surface area contributed by atoms with E-state index in [0.717, 1.165) is 24.2 Å². The summed E-state index contributed by atoms with van der Waals surface area (Å²) in [5.74, 6) is 0. The molecule has 2 aliphatic heterocycles. The van der Waals surface area contributed by atoms with Gasteiger partial charge in [-0.15, -0.1) is 0 Å². The van der Waals surface area contributed by atoms with Crippen molar-refractivity contribution in [2.45, 2.75) is 51.4 Å². The van der Waals surface area contributed by atoms with Gasteiger partial charge in [-0.05, 0) is 187 Å². The number of fused-ring (bicyclic) bond motifs is 9. The first-order valence-corrected chi connectivity index (χ1v) is 27.1. The highest BCUT2D eigenvalue weighted by atomic mass is 15.2. The molecule has 13 aromatic carbocycles. The standard InChI is InChI=1S/C74H54N2/c1-73(2)61-26-7-11-30-65(61)75(66-31-12-8-27-62(66)73)49-37-39-58-59(43-49)70(48-35-34-45-18-5-6-19-47(45)42-48)57-38-36-50(76-67-32-13-9-28-63(67)74(3,4)64-29-10-14-33-68(64)76)44-60(57)72(58)56-41-40-55-52-23-16-21-46-20-15-22-51(69(46)52)53-24-17-25-54(56)71(53)55/h5-15,17-22,24-44H,16,23H2,1-4H3. The average molecular weight is 971 g/mol. The molecule has 2 nitrogen and oxygen atoms in total. The van der Waals surface area contributed by atoms with E-state index in [4.69, 9.17) is 0 Å². The molecule has 0 spiro atoms. The van der Waals surface area contributed by atoms with Crippen molar-refractivity contribution in [3.05, 3.63) is 257 Å². The van der Waals surface area contributed by atoms with E-state index in [0.29, 0.717) is 0 Å². The lowest BCUT2D eigenvalue weighted by atomic mass is 9.73. The molecule has 76 heavy (non-hydrogen) atoms. The second kappa shape index (κ2) is 15.8. The molecule has 0 saturated heterocycles. The molecule has 1 aliphatic carbocycles. The van der Waals surface area contributed by atoms with Crippen molar-refractivity contribution < 1.29 is 0 Å². The van der Waals surface area contributed by atoms with Crippen LogP contribution in [-0.2, 0) is 17.3 Å². The highest BCUT2D eigenvalue weighted by Crippen LogP contribution is 2.56. The first kappa shape index (κ1) is 43.4. The van der Waals surface area contributed by atoms with Gasteiger partial charge in [-0.2, -0.15) is 0 Å². The number of benzene rings is 13. The van der Waals surface area contributed by atoms with E-state index in [1.165, 1.54) is 143 Å². The third kappa shape index (κ3) is 5.93. The number of hydrogen-bond donors (Lipinski definition) is 0. The normalized spacial score (nSPS) is 15.0. The largest absolute Gasteiger partial charge is 0.310 e. The van der Waals surface area contributed by atoms with Crippen LogP contribution < -0.4 is 15.0 Å². The molecule has 360 valence electrons. The fourth-order valence-electron chi connectivity index (χ4n) is 14.5. The Morgan fingerprint density at radius 1 is 0.342 bits per heavy atom. The number of nitrogens with zero attached hydrogens (tertiary/aromatic N) is 2. The average Bonchev–Trinajstić information content (AvgIpc) is 3.48. The minimum atomic E-state index is -0.175. The first-order chi connectivity index (χ1) is 37.2. The van der Waals surface area contributed by atoms with Crippen LogP contribution in [0.5, 0.6) is 0 Å². The summed E-state index contributed by atoms with van der Waals surface area (Å²) in [6, 6.07) is 85.7. The summed E-state index contributed by atoms with van der Waals surface area (Å²) in [6.07, 6.45) is 4.53. The van der Waals surface area contributed by atoms with Crippen LogP contribution in [0.1, 0.15) is 61.9 Å². The van der Waals surface area contributed by atoms with E-state index >= 15 is 0 Å². The van der Waals surface area contributed by atoms with Crippen LogP contribution in [0.25, 0.3) is 93.0 Å². The lowest BCUT2D eigenvalue weighted by Gasteiger charge is -2.42. The predicted octanol–water partition coefficient (Wildman–Crippen LogP) is 19.6. The van der Waals surface area contributed by atoms with Crippen molar-refractivity contribution in [2.75, 3.05) is 9.80 Å². The van der Waals surface area contributed by atoms with Gasteiger partial charge in [0.1, 0.15) is 0 Å². The Labute approximate surface area is 443 Å². The van der Waals surface area contributed by atoms with Crippen molar-refractivity contribution in [1.29, 1.82) is 0 Å². The maximum Gasteiger partial charge on any atom is 0.0502 e. The van der Waals surface area contributed by atoms with Gasteiger partial charge in [-0.1, -0.05) is 204 Å². The summed E-state index contributed by atoms with van der Waals surface area (Å²) in [5.41, 5.74) is 18.6. The van der Waals surface area contributed by atoms with E-state index < -0.39 is 0 Å². The Bertz CT molecular complexity index is 4630. The maximum absolute atomic E-state index is 2.53. The van der Waals surface area contributed by atoms with Crippen molar-refractivity contribution >= 4 is 105 Å². The lowest BCUT2D eigenvalue weighted by Crippen LogP contribution is -2.30. The first-order valence-electron chi connectivity index (χ1n) is 27.1. The number of rotatable bonds is 4. The van der Waals surface area contributed by atoms with E-state index in [2.05, 4.69) is 268 Å². The second-order valence-electron chi connectivity index (χ2n) is 22.6. The molecule has 0 atom stereocenters. The molecule has 0 bridgehead atoms. The Kier molecular flexibility index (Phi) is 9.01. The molecule has 0 aromatic heterocycles. The highest BCUT2D eigenvalue weighted by Gasteiger charge is 2.38. The second-order valence-corrected chi connectivity index (χ2v) is 22.6. The van der Waals surface area contributed by atoms with Gasteiger partial charge in [-0.25, -0.2) is 0 Å². The summed E-state index contributed by atoms with van der Waals surface area (Å²) >= 11 is 0. The topological polar surface area (TPSA) is 6.48 Å². The van der Waals surface area contributed by atoms with Gasteiger partial charge in [-0.3, -0.25) is 0 Å². The number of anilines is 6. The van der Waals surface area contributed by atoms with Crippen LogP contribution >= 0.6 is 0 Å². The molecule has 0 amide bonds. The molecule has 0 unspecified atom stereocenters. The molecule has 0 radical (unpaired) electrons. The Balaban J connectivity index is 1.06. The van der Waals surface area contributed by atoms with Crippen LogP contribution in [0, 0.1) is 0 Å². The molecular weight excluding hydrogens is 917 g/mol. The summed E-state index contributed by atoms with van der Waals surface area (Å²) in [5, 5.41) is 16.9. The Hall–Kier alpha value is -8.98. The molecule has 13 aromatic rings. The smallest absolute Gasteiger partial charge is 0.0502 e. The minimum absolute atomic E-state index is 0.173. The third-order valence-electron chi connectivity index (χ3n) is 18.0. The Morgan fingerprint density at radius 3 is 1.43 bits per heavy atom. The van der Waals surface area contributed by atoms with Gasteiger partial charge in [0.05, 0.1) is 22.7 Å². The maximum atomic E-state index is 2.53. The van der Waals surface area contributed by atoms with E-state index in [-0.39, 0.29) is 10.8 Å². The molecule has 3 aliphatic rings. The lowest BCUT2D eigenvalue weighted by molar-refractivity contribution is 0.632. The van der Waals surface area contributed by atoms with Crippen LogP contribution in [0.15, 0.2) is 224 Å². The van der Waals surface area contributed by atoms with Crippen molar-refractivity contribution in [3.8, 4) is 22.3 Å². The van der Waals surface area contributed by atoms with Crippen molar-refractivity contribution in [1.82, 2.24) is 0 Å². The summed E-state index contributed by atoms with van der Waals surface area (Å²) in [6.45, 7) is 9.49. The van der Waals surface area contributed by atoms with Crippen LogP contribution in [-0.4, -0.2) is 0 Å². The molecule has 0 N–H and O–H groups in total. The van der Waals surface area contributed by atoms with Crippen LogP contribution in [0.2, 0.25) is 0 Å². The third-order valence-corrected chi connectivity index (χ3v) is 18.0. The number of hydrogen-bond acceptors (Lipinski definition) is 2. The van der Waals surface area contributed by atoms with Gasteiger partial charge in [0, 0.05) is 22.2 Å². The zero-order valence-electron chi connectivity index (χ0n) is 43.2. The summed E-state index contributed by atoms with van der Waals surface area (Å²) in [4.78, 5) is 5.05. The van der Waals surface area contributed by atoms with E-state index in [1.807, 2.05) is 0 Å². The van der Waals surface area contributed by atoms with Gasteiger partial charge in [0.15, 0.2) is 0 Å². The van der Waals surface area contributed by atoms with Gasteiger partial charge in [0.25, 0.3) is 0 Å². The Morgan fingerprint density at radius 2 is 0.829 bits per heavy atom. The van der Waals surface area contributed by atoms with Crippen LogP contribution in [0.4, 0.5) is 34.1 Å². The summed E-state index contributed by atoms with van der Waals surface area (Å²) < 4.78 is 0. The summed E-state index contributed by atoms with van der Waals surface area (Å²) in [7, 11) is 0. The molecule has 16 rings (SSSR count). The number of para-hydroxylation sites is 4. The van der Waals surface area contributed by atoms with Gasteiger partial charge in [0.2, 0.25) is 0 Å². The predicted molar refractivity (Wildman–Crippen MR) is 324 cm³/mol. The van der Waals surface area contributed by atoms with E-state index in [9.17, 15) is 0 Å². The zero-order chi connectivity index (χ0) is 50.6. The van der Waals surface area contributed by atoms with Gasteiger partial charge < -0.3 is 9.80 Å². The van der Waals surface area contributed by atoms with Crippen molar-refractivity contribution in [3.63, 3.8) is 0 Å². The fraction of sp³-hybridized carbons (Fsp3) is 0.108. The highest BCUT2D eigenvalue weighted by molar-refractivity contribution is 6.30. The molecule has 0 fully saturated rings. The van der Waals surface area contributed by atoms with Crippen molar-refractivity contribution in [2.24, 2.45) is 0 Å². The van der Waals surface area contributed by atoms with Gasteiger partial charge >= 0.3 is 0 Å².